The van der Waals surface area contributed by atoms with Crippen LogP contribution in [-0.4, -0.2) is 28.2 Å². The van der Waals surface area contributed by atoms with Gasteiger partial charge in [0.1, 0.15) is 5.78 Å². The minimum atomic E-state index is -0.286. The molecule has 0 aromatic carbocycles. The van der Waals surface area contributed by atoms with E-state index >= 15 is 0 Å². The summed E-state index contributed by atoms with van der Waals surface area (Å²) in [5.41, 5.74) is 0.0818. The van der Waals surface area contributed by atoms with Crippen LogP contribution in [0, 0.1) is 34.5 Å². The standard InChI is InChI=1S/C19H30O3/c1-18-8-3-4-14(20)13(18)10-15(21)17-11-5-6-16(22)19(11,2)9-7-12(17)18/h11-14,16-17,20,22H,3-10H2,1-2H3/t11-,12-,13-,14+,16-,17-,18+,19-/m0/s1. The first-order valence-electron chi connectivity index (χ1n) is 9.27. The molecule has 0 amide bonds. The largest absolute Gasteiger partial charge is 0.393 e. The molecule has 3 heteroatoms. The van der Waals surface area contributed by atoms with Crippen LogP contribution in [0.1, 0.15) is 65.2 Å². The van der Waals surface area contributed by atoms with Crippen molar-refractivity contribution in [2.24, 2.45) is 34.5 Å². The summed E-state index contributed by atoms with van der Waals surface area (Å²) in [6.07, 6.45) is 7.15. The first-order valence-corrected chi connectivity index (χ1v) is 9.27. The van der Waals surface area contributed by atoms with Gasteiger partial charge in [-0.15, -0.1) is 0 Å². The van der Waals surface area contributed by atoms with Crippen molar-refractivity contribution >= 4 is 5.78 Å². The van der Waals surface area contributed by atoms with Gasteiger partial charge in [-0.2, -0.15) is 0 Å². The lowest BCUT2D eigenvalue weighted by Gasteiger charge is -2.60. The molecule has 4 fully saturated rings. The summed E-state index contributed by atoms with van der Waals surface area (Å²) in [4.78, 5) is 13.0. The second kappa shape index (κ2) is 4.80. The number of rotatable bonds is 0. The molecule has 124 valence electrons. The summed E-state index contributed by atoms with van der Waals surface area (Å²) in [7, 11) is 0. The number of hydrogen-bond donors (Lipinski definition) is 2. The van der Waals surface area contributed by atoms with Gasteiger partial charge >= 0.3 is 0 Å². The highest BCUT2D eigenvalue weighted by Crippen LogP contribution is 2.65. The highest BCUT2D eigenvalue weighted by atomic mass is 16.3. The lowest BCUT2D eigenvalue weighted by Crippen LogP contribution is -2.59. The number of Topliss-reactive ketones (excluding diaryl/α,β-unsaturated/α-hetero) is 1. The predicted octanol–water partition coefficient (Wildman–Crippen LogP) is 2.93. The second-order valence-corrected chi connectivity index (χ2v) is 9.12. The van der Waals surface area contributed by atoms with Gasteiger partial charge in [0.2, 0.25) is 0 Å². The van der Waals surface area contributed by atoms with Gasteiger partial charge in [-0.1, -0.05) is 20.3 Å². The van der Waals surface area contributed by atoms with Crippen LogP contribution in [0.2, 0.25) is 0 Å². The molecule has 0 bridgehead atoms. The average molecular weight is 306 g/mol. The van der Waals surface area contributed by atoms with Crippen LogP contribution in [-0.2, 0) is 4.79 Å². The van der Waals surface area contributed by atoms with Gasteiger partial charge in [0.05, 0.1) is 12.2 Å². The first kappa shape index (κ1) is 15.1. The van der Waals surface area contributed by atoms with E-state index in [0.717, 1.165) is 44.9 Å². The molecule has 3 nitrogen and oxygen atoms in total. The van der Waals surface area contributed by atoms with Crippen LogP contribution in [0.3, 0.4) is 0 Å². The maximum atomic E-state index is 13.0. The van der Waals surface area contributed by atoms with E-state index in [-0.39, 0.29) is 34.9 Å². The number of aliphatic hydroxyl groups is 2. The van der Waals surface area contributed by atoms with Crippen molar-refractivity contribution in [1.29, 1.82) is 0 Å². The molecule has 4 rings (SSSR count). The Hall–Kier alpha value is -0.410. The average Bonchev–Trinajstić information content (AvgIpc) is 2.77. The molecule has 0 heterocycles. The summed E-state index contributed by atoms with van der Waals surface area (Å²) in [6.45, 7) is 4.56. The van der Waals surface area contributed by atoms with Gasteiger partial charge in [0.25, 0.3) is 0 Å². The van der Waals surface area contributed by atoms with E-state index < -0.39 is 0 Å². The smallest absolute Gasteiger partial charge is 0.136 e. The molecule has 0 aromatic heterocycles. The fraction of sp³-hybridized carbons (Fsp3) is 0.947. The molecule has 8 atom stereocenters. The van der Waals surface area contributed by atoms with Crippen LogP contribution in [0.25, 0.3) is 0 Å². The quantitative estimate of drug-likeness (QED) is 0.723. The van der Waals surface area contributed by atoms with Crippen molar-refractivity contribution in [1.82, 2.24) is 0 Å². The molecule has 4 aliphatic carbocycles. The topological polar surface area (TPSA) is 57.5 Å². The Kier molecular flexibility index (Phi) is 3.30. The summed E-state index contributed by atoms with van der Waals surface area (Å²) in [5, 5.41) is 20.9. The molecule has 2 N–H and O–H groups in total. The van der Waals surface area contributed by atoms with Crippen LogP contribution >= 0.6 is 0 Å². The van der Waals surface area contributed by atoms with E-state index in [9.17, 15) is 15.0 Å². The van der Waals surface area contributed by atoms with E-state index in [0.29, 0.717) is 24.0 Å². The van der Waals surface area contributed by atoms with Crippen molar-refractivity contribution in [3.63, 3.8) is 0 Å². The van der Waals surface area contributed by atoms with Crippen molar-refractivity contribution in [3.05, 3.63) is 0 Å². The first-order chi connectivity index (χ1) is 10.4. The molecule has 0 saturated heterocycles. The van der Waals surface area contributed by atoms with Gasteiger partial charge in [-0.05, 0) is 67.1 Å². The normalized spacial score (nSPS) is 57.9. The summed E-state index contributed by atoms with van der Waals surface area (Å²) >= 11 is 0. The highest BCUT2D eigenvalue weighted by Gasteiger charge is 2.63. The summed E-state index contributed by atoms with van der Waals surface area (Å²) in [5.74, 6) is 1.49. The van der Waals surface area contributed by atoms with E-state index in [4.69, 9.17) is 0 Å². The number of aliphatic hydroxyl groups excluding tert-OH is 2. The SMILES string of the molecule is C[C@]12CCC[C@@H](O)[C@@H]1CC(=O)[C@@H]1[C@@H]2CC[C@]2(C)[C@@H](O)CC[C@@H]12. The molecule has 0 unspecified atom stereocenters. The maximum Gasteiger partial charge on any atom is 0.136 e. The number of carbonyl (C=O) groups is 1. The van der Waals surface area contributed by atoms with E-state index in [1.807, 2.05) is 0 Å². The van der Waals surface area contributed by atoms with Crippen molar-refractivity contribution in [2.45, 2.75) is 77.4 Å². The molecule has 0 aliphatic heterocycles. The predicted molar refractivity (Wildman–Crippen MR) is 84.1 cm³/mol. The molecular weight excluding hydrogens is 276 g/mol. The monoisotopic (exact) mass is 306 g/mol. The summed E-state index contributed by atoms with van der Waals surface area (Å²) in [6, 6.07) is 0. The Morgan fingerprint density at radius 1 is 0.909 bits per heavy atom. The Morgan fingerprint density at radius 2 is 1.64 bits per heavy atom. The minimum absolute atomic E-state index is 0.0483. The zero-order chi connectivity index (χ0) is 15.7. The van der Waals surface area contributed by atoms with Gasteiger partial charge in [0, 0.05) is 12.3 Å². The third-order valence-electron chi connectivity index (χ3n) is 8.39. The Morgan fingerprint density at radius 3 is 2.41 bits per heavy atom. The zero-order valence-corrected chi connectivity index (χ0v) is 13.9. The van der Waals surface area contributed by atoms with E-state index in [1.165, 1.54) is 0 Å². The van der Waals surface area contributed by atoms with Crippen LogP contribution in [0.4, 0.5) is 0 Å². The van der Waals surface area contributed by atoms with Crippen LogP contribution < -0.4 is 0 Å². The fourth-order valence-corrected chi connectivity index (χ4v) is 7.00. The van der Waals surface area contributed by atoms with Crippen molar-refractivity contribution in [2.75, 3.05) is 0 Å². The number of ketones is 1. The number of carbonyl (C=O) groups excluding carboxylic acids is 1. The minimum Gasteiger partial charge on any atom is -0.393 e. The van der Waals surface area contributed by atoms with E-state index in [1.54, 1.807) is 0 Å². The molecule has 0 aromatic rings. The zero-order valence-electron chi connectivity index (χ0n) is 13.9. The molecule has 4 aliphatic rings. The third-order valence-corrected chi connectivity index (χ3v) is 8.39. The molecule has 4 saturated carbocycles. The molecule has 22 heavy (non-hydrogen) atoms. The molecule has 0 spiro atoms. The van der Waals surface area contributed by atoms with Gasteiger partial charge in [-0.3, -0.25) is 4.79 Å². The Balaban J connectivity index is 1.71. The summed E-state index contributed by atoms with van der Waals surface area (Å²) < 4.78 is 0. The second-order valence-electron chi connectivity index (χ2n) is 9.12. The number of hydrogen-bond acceptors (Lipinski definition) is 3. The van der Waals surface area contributed by atoms with E-state index in [2.05, 4.69) is 13.8 Å². The van der Waals surface area contributed by atoms with Gasteiger partial charge < -0.3 is 10.2 Å². The highest BCUT2D eigenvalue weighted by molar-refractivity contribution is 5.83. The van der Waals surface area contributed by atoms with Crippen molar-refractivity contribution in [3.8, 4) is 0 Å². The van der Waals surface area contributed by atoms with Gasteiger partial charge in [0.15, 0.2) is 0 Å². The van der Waals surface area contributed by atoms with Crippen molar-refractivity contribution < 1.29 is 15.0 Å². The third kappa shape index (κ3) is 1.78. The van der Waals surface area contributed by atoms with Crippen LogP contribution in [0.15, 0.2) is 0 Å². The fourth-order valence-electron chi connectivity index (χ4n) is 7.00. The Labute approximate surface area is 133 Å². The Bertz CT molecular complexity index is 489. The molecular formula is C19H30O3. The lowest BCUT2D eigenvalue weighted by molar-refractivity contribution is -0.169. The maximum absolute atomic E-state index is 13.0. The van der Waals surface area contributed by atoms with Crippen LogP contribution in [0.5, 0.6) is 0 Å². The molecule has 0 radical (unpaired) electrons. The number of fused-ring (bicyclic) bond motifs is 5. The van der Waals surface area contributed by atoms with Gasteiger partial charge in [-0.25, -0.2) is 0 Å². The lowest BCUT2D eigenvalue weighted by atomic mass is 9.44.